The maximum Gasteiger partial charge on any atom is 0.128 e. The minimum Gasteiger partial charge on any atom is -0.365 e. The van der Waals surface area contributed by atoms with Gasteiger partial charge in [-0.15, -0.1) is 0 Å². The molecule has 3 rings (SSSR count). The van der Waals surface area contributed by atoms with E-state index in [0.29, 0.717) is 23.8 Å². The van der Waals surface area contributed by atoms with Gasteiger partial charge in [-0.25, -0.2) is 8.78 Å². The summed E-state index contributed by atoms with van der Waals surface area (Å²) in [6, 6.07) is 5.26. The van der Waals surface area contributed by atoms with Gasteiger partial charge >= 0.3 is 0 Å². The smallest absolute Gasteiger partial charge is 0.128 e. The van der Waals surface area contributed by atoms with Crippen LogP contribution in [0.1, 0.15) is 32.6 Å². The van der Waals surface area contributed by atoms with E-state index in [9.17, 15) is 8.78 Å². The molecule has 2 bridgehead atoms. The van der Waals surface area contributed by atoms with Gasteiger partial charge in [0.25, 0.3) is 0 Å². The van der Waals surface area contributed by atoms with Crippen LogP contribution in [-0.4, -0.2) is 24.7 Å². The Morgan fingerprint density at radius 1 is 1.11 bits per heavy atom. The molecule has 0 aromatic heterocycles. The summed E-state index contributed by atoms with van der Waals surface area (Å²) in [7, 11) is 0. The van der Waals surface area contributed by atoms with Crippen molar-refractivity contribution in [1.82, 2.24) is 5.32 Å². The third kappa shape index (κ3) is 2.46. The third-order valence-electron chi connectivity index (χ3n) is 4.37. The molecular weight excluding hydrogens is 246 g/mol. The van der Waals surface area contributed by atoms with Gasteiger partial charge in [0.2, 0.25) is 0 Å². The fourth-order valence-electron chi connectivity index (χ4n) is 3.74. The standard InChI is InChI=1S/C15H20F2N2/c1-2-18-12-8-13-3-4-14(9-12)19(13)15-6-10(16)5-11(17)7-15/h5-7,12-14,18H,2-4,8-9H2,1H3. The predicted octanol–water partition coefficient (Wildman–Crippen LogP) is 3.07. The number of rotatable bonds is 3. The molecule has 2 aliphatic rings. The Morgan fingerprint density at radius 3 is 2.21 bits per heavy atom. The SMILES string of the molecule is CCNC1CC2CCC(C1)N2c1cc(F)cc(F)c1. The number of nitrogens with zero attached hydrogens (tertiary/aromatic N) is 1. The van der Waals surface area contributed by atoms with Crippen molar-refractivity contribution in [3.8, 4) is 0 Å². The summed E-state index contributed by atoms with van der Waals surface area (Å²) in [4.78, 5) is 2.24. The van der Waals surface area contributed by atoms with Crippen LogP contribution in [0, 0.1) is 11.6 Å². The molecule has 4 heteroatoms. The van der Waals surface area contributed by atoms with Crippen LogP contribution in [0.3, 0.4) is 0 Å². The first kappa shape index (κ1) is 12.9. The van der Waals surface area contributed by atoms with E-state index in [1.165, 1.54) is 12.1 Å². The second kappa shape index (κ2) is 5.08. The van der Waals surface area contributed by atoms with Crippen LogP contribution in [0.2, 0.25) is 0 Å². The van der Waals surface area contributed by atoms with Gasteiger partial charge in [-0.05, 0) is 44.4 Å². The van der Waals surface area contributed by atoms with Crippen LogP contribution in [0.5, 0.6) is 0 Å². The van der Waals surface area contributed by atoms with Gasteiger partial charge in [-0.2, -0.15) is 0 Å². The summed E-state index contributed by atoms with van der Waals surface area (Å²) in [5.41, 5.74) is 0.708. The maximum atomic E-state index is 13.4. The fraction of sp³-hybridized carbons (Fsp3) is 0.600. The van der Waals surface area contributed by atoms with E-state index in [0.717, 1.165) is 38.3 Å². The molecule has 2 saturated heterocycles. The van der Waals surface area contributed by atoms with Crippen molar-refractivity contribution in [1.29, 1.82) is 0 Å². The minimum absolute atomic E-state index is 0.420. The number of benzene rings is 1. The molecule has 1 aromatic carbocycles. The molecule has 2 atom stereocenters. The highest BCUT2D eigenvalue weighted by Crippen LogP contribution is 2.39. The van der Waals surface area contributed by atoms with E-state index in [1.54, 1.807) is 0 Å². The molecule has 0 amide bonds. The van der Waals surface area contributed by atoms with E-state index < -0.39 is 11.6 Å². The van der Waals surface area contributed by atoms with Gasteiger partial charge in [0.05, 0.1) is 0 Å². The zero-order valence-corrected chi connectivity index (χ0v) is 11.2. The summed E-state index contributed by atoms with van der Waals surface area (Å²) in [5.74, 6) is -0.966. The first-order valence-corrected chi connectivity index (χ1v) is 7.15. The van der Waals surface area contributed by atoms with Crippen LogP contribution in [0.25, 0.3) is 0 Å². The van der Waals surface area contributed by atoms with Crippen LogP contribution in [0.15, 0.2) is 18.2 Å². The van der Waals surface area contributed by atoms with Crippen LogP contribution < -0.4 is 10.2 Å². The number of piperidine rings is 1. The monoisotopic (exact) mass is 266 g/mol. The molecule has 2 fully saturated rings. The van der Waals surface area contributed by atoms with Gasteiger partial charge in [-0.1, -0.05) is 6.92 Å². The van der Waals surface area contributed by atoms with Crippen molar-refractivity contribution in [2.24, 2.45) is 0 Å². The lowest BCUT2D eigenvalue weighted by molar-refractivity contribution is 0.361. The van der Waals surface area contributed by atoms with Gasteiger partial charge in [0, 0.05) is 29.9 Å². The Bertz CT molecular complexity index is 429. The molecule has 19 heavy (non-hydrogen) atoms. The normalized spacial score (nSPS) is 29.8. The molecule has 104 valence electrons. The number of fused-ring (bicyclic) bond motifs is 2. The highest BCUT2D eigenvalue weighted by Gasteiger charge is 2.40. The molecule has 1 N–H and O–H groups in total. The van der Waals surface area contributed by atoms with E-state index in [-0.39, 0.29) is 0 Å². The lowest BCUT2D eigenvalue weighted by Crippen LogP contribution is -2.49. The summed E-state index contributed by atoms with van der Waals surface area (Å²) < 4.78 is 26.8. The quantitative estimate of drug-likeness (QED) is 0.904. The molecule has 0 spiro atoms. The summed E-state index contributed by atoms with van der Waals surface area (Å²) >= 11 is 0. The second-order valence-electron chi connectivity index (χ2n) is 5.65. The first-order chi connectivity index (χ1) is 9.17. The maximum absolute atomic E-state index is 13.4. The molecule has 0 saturated carbocycles. The van der Waals surface area contributed by atoms with Crippen molar-refractivity contribution in [3.05, 3.63) is 29.8 Å². The molecule has 0 aliphatic carbocycles. The van der Waals surface area contributed by atoms with Crippen molar-refractivity contribution in [2.75, 3.05) is 11.4 Å². The molecular formula is C15H20F2N2. The Kier molecular flexibility index (Phi) is 3.44. The molecule has 0 radical (unpaired) electrons. The number of halogens is 2. The van der Waals surface area contributed by atoms with Crippen molar-refractivity contribution in [3.63, 3.8) is 0 Å². The Hall–Kier alpha value is -1.16. The lowest BCUT2D eigenvalue weighted by atomic mass is 9.96. The first-order valence-electron chi connectivity index (χ1n) is 7.15. The third-order valence-corrected chi connectivity index (χ3v) is 4.37. The number of hydrogen-bond donors (Lipinski definition) is 1. The largest absolute Gasteiger partial charge is 0.365 e. The van der Waals surface area contributed by atoms with E-state index in [4.69, 9.17) is 0 Å². The van der Waals surface area contributed by atoms with E-state index >= 15 is 0 Å². The Balaban J connectivity index is 1.83. The summed E-state index contributed by atoms with van der Waals surface area (Å²) in [6.45, 7) is 3.11. The van der Waals surface area contributed by atoms with Gasteiger partial charge in [0.15, 0.2) is 0 Å². The zero-order chi connectivity index (χ0) is 13.4. The summed E-state index contributed by atoms with van der Waals surface area (Å²) in [6.07, 6.45) is 4.40. The van der Waals surface area contributed by atoms with Gasteiger partial charge < -0.3 is 10.2 Å². The lowest BCUT2D eigenvalue weighted by Gasteiger charge is -2.41. The van der Waals surface area contributed by atoms with Crippen molar-refractivity contribution < 1.29 is 8.78 Å². The molecule has 2 nitrogen and oxygen atoms in total. The van der Waals surface area contributed by atoms with Crippen molar-refractivity contribution >= 4 is 5.69 Å². The fourth-order valence-corrected chi connectivity index (χ4v) is 3.74. The zero-order valence-electron chi connectivity index (χ0n) is 11.2. The van der Waals surface area contributed by atoms with Crippen LogP contribution in [0.4, 0.5) is 14.5 Å². The van der Waals surface area contributed by atoms with E-state index in [1.807, 2.05) is 0 Å². The van der Waals surface area contributed by atoms with Gasteiger partial charge in [-0.3, -0.25) is 0 Å². The molecule has 2 unspecified atom stereocenters. The number of anilines is 1. The van der Waals surface area contributed by atoms with Crippen LogP contribution >= 0.6 is 0 Å². The van der Waals surface area contributed by atoms with E-state index in [2.05, 4.69) is 17.1 Å². The number of nitrogens with one attached hydrogen (secondary N) is 1. The van der Waals surface area contributed by atoms with Gasteiger partial charge in [0.1, 0.15) is 11.6 Å². The average molecular weight is 266 g/mol. The van der Waals surface area contributed by atoms with Crippen LogP contribution in [-0.2, 0) is 0 Å². The number of hydrogen-bond acceptors (Lipinski definition) is 2. The highest BCUT2D eigenvalue weighted by atomic mass is 19.1. The topological polar surface area (TPSA) is 15.3 Å². The minimum atomic E-state index is -0.483. The molecule has 2 aliphatic heterocycles. The Morgan fingerprint density at radius 2 is 1.68 bits per heavy atom. The molecule has 1 aromatic rings. The summed E-state index contributed by atoms with van der Waals surface area (Å²) in [5, 5.41) is 3.51. The Labute approximate surface area is 112 Å². The predicted molar refractivity (Wildman–Crippen MR) is 72.3 cm³/mol. The second-order valence-corrected chi connectivity index (χ2v) is 5.65. The molecule has 2 heterocycles. The highest BCUT2D eigenvalue weighted by molar-refractivity contribution is 5.51. The van der Waals surface area contributed by atoms with Crippen molar-refractivity contribution in [2.45, 2.75) is 50.7 Å². The average Bonchev–Trinajstić information content (AvgIpc) is 2.60.